The molecule has 1 fully saturated rings. The fourth-order valence-electron chi connectivity index (χ4n) is 4.37. The van der Waals surface area contributed by atoms with Crippen LogP contribution >= 0.6 is 11.3 Å². The van der Waals surface area contributed by atoms with Crippen LogP contribution in [0, 0.1) is 13.8 Å². The number of carbonyl (C=O) groups excluding carboxylic acids is 1. The number of hydrogen-bond donors (Lipinski definition) is 0. The van der Waals surface area contributed by atoms with Crippen molar-refractivity contribution in [1.82, 2.24) is 29.0 Å². The van der Waals surface area contributed by atoms with Gasteiger partial charge in [0.2, 0.25) is 5.91 Å². The van der Waals surface area contributed by atoms with Gasteiger partial charge in [-0.1, -0.05) is 18.2 Å². The molecular weight excluding hydrogens is 436 g/mol. The number of fused-ring (bicyclic) bond motifs is 1. The van der Waals surface area contributed by atoms with Gasteiger partial charge in [-0.05, 0) is 26.0 Å². The van der Waals surface area contributed by atoms with Crippen molar-refractivity contribution >= 4 is 22.2 Å². The number of thiazole rings is 1. The summed E-state index contributed by atoms with van der Waals surface area (Å²) in [6.07, 6.45) is 2.11. The summed E-state index contributed by atoms with van der Waals surface area (Å²) in [7, 11) is 0. The summed E-state index contributed by atoms with van der Waals surface area (Å²) < 4.78 is 3.48. The van der Waals surface area contributed by atoms with Gasteiger partial charge in [-0.3, -0.25) is 18.9 Å². The van der Waals surface area contributed by atoms with E-state index in [2.05, 4.69) is 15.0 Å². The third-order valence-electron chi connectivity index (χ3n) is 6.24. The minimum absolute atomic E-state index is 0.0492. The van der Waals surface area contributed by atoms with Crippen LogP contribution < -0.4 is 5.56 Å². The SMILES string of the molecule is Cc1nn(-c2ccccc2)c(C)c1CC(=O)N1CCN(Cc2cc(=O)n3ccsc3n2)CC1. The lowest BCUT2D eigenvalue weighted by atomic mass is 10.1. The summed E-state index contributed by atoms with van der Waals surface area (Å²) >= 11 is 1.46. The second kappa shape index (κ2) is 8.92. The van der Waals surface area contributed by atoms with Crippen LogP contribution in [-0.2, 0) is 17.8 Å². The molecule has 4 aromatic rings. The summed E-state index contributed by atoms with van der Waals surface area (Å²) in [4.78, 5) is 34.8. The number of benzene rings is 1. The highest BCUT2D eigenvalue weighted by atomic mass is 32.1. The maximum Gasteiger partial charge on any atom is 0.258 e. The Balaban J connectivity index is 1.21. The van der Waals surface area contributed by atoms with Gasteiger partial charge in [-0.25, -0.2) is 9.67 Å². The zero-order valence-corrected chi connectivity index (χ0v) is 19.6. The Morgan fingerprint density at radius 3 is 2.61 bits per heavy atom. The molecule has 1 aromatic carbocycles. The van der Waals surface area contributed by atoms with Crippen molar-refractivity contribution in [3.63, 3.8) is 0 Å². The highest BCUT2D eigenvalue weighted by Gasteiger charge is 2.24. The highest BCUT2D eigenvalue weighted by Crippen LogP contribution is 2.19. The number of para-hydroxylation sites is 1. The standard InChI is InChI=1S/C24H26N6O2S/c1-17-21(18(2)30(26-17)20-6-4-3-5-7-20)15-22(31)28-10-8-27(9-11-28)16-19-14-23(32)29-12-13-33-24(29)25-19/h3-7,12-14H,8-11,15-16H2,1-2H3. The van der Waals surface area contributed by atoms with E-state index in [0.717, 1.165) is 41.4 Å². The van der Waals surface area contributed by atoms with Gasteiger partial charge in [-0.2, -0.15) is 5.10 Å². The maximum atomic E-state index is 13.1. The largest absolute Gasteiger partial charge is 0.340 e. The normalized spacial score (nSPS) is 14.8. The van der Waals surface area contributed by atoms with E-state index < -0.39 is 0 Å². The van der Waals surface area contributed by atoms with Crippen LogP contribution in [0.3, 0.4) is 0 Å². The molecule has 3 aromatic heterocycles. The molecule has 0 atom stereocenters. The lowest BCUT2D eigenvalue weighted by molar-refractivity contribution is -0.132. The van der Waals surface area contributed by atoms with Gasteiger partial charge >= 0.3 is 0 Å². The van der Waals surface area contributed by atoms with Gasteiger partial charge in [0.15, 0.2) is 4.96 Å². The van der Waals surface area contributed by atoms with Crippen molar-refractivity contribution in [1.29, 1.82) is 0 Å². The molecule has 0 spiro atoms. The highest BCUT2D eigenvalue weighted by molar-refractivity contribution is 7.15. The smallest absolute Gasteiger partial charge is 0.258 e. The molecule has 1 aliphatic heterocycles. The van der Waals surface area contributed by atoms with Gasteiger partial charge in [0, 0.05) is 61.6 Å². The van der Waals surface area contributed by atoms with E-state index in [9.17, 15) is 9.59 Å². The molecular formula is C24H26N6O2S. The third-order valence-corrected chi connectivity index (χ3v) is 6.99. The number of carbonyl (C=O) groups is 1. The number of amides is 1. The summed E-state index contributed by atoms with van der Waals surface area (Å²) in [5.41, 5.74) is 4.63. The summed E-state index contributed by atoms with van der Waals surface area (Å²) in [5.74, 6) is 0.129. The van der Waals surface area contributed by atoms with Crippen LogP contribution in [0.4, 0.5) is 0 Å². The van der Waals surface area contributed by atoms with E-state index in [-0.39, 0.29) is 11.5 Å². The topological polar surface area (TPSA) is 75.7 Å². The Kier molecular flexibility index (Phi) is 5.82. The summed E-state index contributed by atoms with van der Waals surface area (Å²) in [6, 6.07) is 11.6. The molecule has 9 heteroatoms. The first kappa shape index (κ1) is 21.5. The second-order valence-electron chi connectivity index (χ2n) is 8.37. The first-order valence-electron chi connectivity index (χ1n) is 11.1. The van der Waals surface area contributed by atoms with E-state index in [1.807, 2.05) is 59.1 Å². The first-order valence-corrected chi connectivity index (χ1v) is 11.9. The van der Waals surface area contributed by atoms with E-state index >= 15 is 0 Å². The molecule has 1 saturated heterocycles. The minimum atomic E-state index is -0.0492. The van der Waals surface area contributed by atoms with Crippen LogP contribution in [0.25, 0.3) is 10.6 Å². The van der Waals surface area contributed by atoms with Gasteiger partial charge in [0.1, 0.15) is 0 Å². The predicted molar refractivity (Wildman–Crippen MR) is 128 cm³/mol. The molecule has 170 valence electrons. The number of nitrogens with zero attached hydrogens (tertiary/aromatic N) is 6. The zero-order valence-electron chi connectivity index (χ0n) is 18.8. The van der Waals surface area contributed by atoms with Crippen molar-refractivity contribution in [2.75, 3.05) is 26.2 Å². The molecule has 1 aliphatic rings. The molecule has 1 amide bonds. The van der Waals surface area contributed by atoms with E-state index in [1.165, 1.54) is 11.3 Å². The molecule has 5 rings (SSSR count). The molecule has 0 bridgehead atoms. The Morgan fingerprint density at radius 1 is 1.09 bits per heavy atom. The fraction of sp³-hybridized carbons (Fsp3) is 0.333. The van der Waals surface area contributed by atoms with Crippen LogP contribution in [0.1, 0.15) is 22.6 Å². The predicted octanol–water partition coefficient (Wildman–Crippen LogP) is 2.45. The average Bonchev–Trinajstić information content (AvgIpc) is 3.40. The van der Waals surface area contributed by atoms with Crippen molar-refractivity contribution in [3.05, 3.63) is 81.0 Å². The monoisotopic (exact) mass is 462 g/mol. The second-order valence-corrected chi connectivity index (χ2v) is 9.24. The summed E-state index contributed by atoms with van der Waals surface area (Å²) in [6.45, 7) is 7.47. The Bertz CT molecular complexity index is 1350. The number of piperazine rings is 1. The number of rotatable bonds is 5. The molecule has 0 saturated carbocycles. The minimum Gasteiger partial charge on any atom is -0.340 e. The Morgan fingerprint density at radius 2 is 1.85 bits per heavy atom. The van der Waals surface area contributed by atoms with E-state index in [0.29, 0.717) is 31.0 Å². The quantitative estimate of drug-likeness (QED) is 0.455. The maximum absolute atomic E-state index is 13.1. The number of aryl methyl sites for hydroxylation is 1. The third kappa shape index (κ3) is 4.34. The Labute approximate surface area is 195 Å². The van der Waals surface area contributed by atoms with Crippen molar-refractivity contribution in [2.24, 2.45) is 0 Å². The summed E-state index contributed by atoms with van der Waals surface area (Å²) in [5, 5.41) is 6.53. The van der Waals surface area contributed by atoms with E-state index in [4.69, 9.17) is 0 Å². The number of aromatic nitrogens is 4. The molecule has 4 heterocycles. The van der Waals surface area contributed by atoms with Gasteiger partial charge in [-0.15, -0.1) is 11.3 Å². The molecule has 0 radical (unpaired) electrons. The molecule has 0 N–H and O–H groups in total. The molecule has 0 unspecified atom stereocenters. The molecule has 33 heavy (non-hydrogen) atoms. The molecule has 0 aliphatic carbocycles. The van der Waals surface area contributed by atoms with Crippen molar-refractivity contribution < 1.29 is 4.79 Å². The van der Waals surface area contributed by atoms with Crippen LogP contribution in [-0.4, -0.2) is 61.1 Å². The first-order chi connectivity index (χ1) is 16.0. The fourth-order valence-corrected chi connectivity index (χ4v) is 5.11. The van der Waals surface area contributed by atoms with Crippen LogP contribution in [0.5, 0.6) is 0 Å². The lowest BCUT2D eigenvalue weighted by Crippen LogP contribution is -2.48. The van der Waals surface area contributed by atoms with E-state index in [1.54, 1.807) is 16.7 Å². The van der Waals surface area contributed by atoms with Crippen molar-refractivity contribution in [3.8, 4) is 5.69 Å². The van der Waals surface area contributed by atoms with Gasteiger partial charge in [0.25, 0.3) is 5.56 Å². The van der Waals surface area contributed by atoms with Crippen LogP contribution in [0.2, 0.25) is 0 Å². The lowest BCUT2D eigenvalue weighted by Gasteiger charge is -2.34. The zero-order chi connectivity index (χ0) is 22.9. The van der Waals surface area contributed by atoms with Crippen LogP contribution in [0.15, 0.2) is 52.8 Å². The van der Waals surface area contributed by atoms with Crippen molar-refractivity contribution in [2.45, 2.75) is 26.8 Å². The average molecular weight is 463 g/mol. The van der Waals surface area contributed by atoms with Gasteiger partial charge < -0.3 is 4.90 Å². The Hall–Kier alpha value is -3.30. The van der Waals surface area contributed by atoms with Gasteiger partial charge in [0.05, 0.1) is 23.5 Å². The number of hydrogen-bond acceptors (Lipinski definition) is 6. The molecule has 8 nitrogen and oxygen atoms in total.